The second-order valence-electron chi connectivity index (χ2n) is 8.86. The van der Waals surface area contributed by atoms with Crippen molar-refractivity contribution in [2.24, 2.45) is 0 Å². The van der Waals surface area contributed by atoms with Crippen LogP contribution in [0.25, 0.3) is 11.1 Å². The highest BCUT2D eigenvalue weighted by Crippen LogP contribution is 2.49. The van der Waals surface area contributed by atoms with E-state index in [1.54, 1.807) is 12.3 Å². The molecular formula is C28H27FN2O8S. The normalized spacial score (nSPS) is 13.8. The molecule has 1 amide bonds. The van der Waals surface area contributed by atoms with Crippen molar-refractivity contribution in [3.05, 3.63) is 90.9 Å². The van der Waals surface area contributed by atoms with Crippen LogP contribution in [0.4, 0.5) is 4.39 Å². The van der Waals surface area contributed by atoms with Crippen LogP contribution in [0.15, 0.2) is 52.2 Å². The van der Waals surface area contributed by atoms with E-state index in [0.717, 1.165) is 23.3 Å². The van der Waals surface area contributed by atoms with Gasteiger partial charge in [0.05, 0.1) is 32.3 Å². The highest BCUT2D eigenvalue weighted by Gasteiger charge is 2.29. The van der Waals surface area contributed by atoms with Crippen LogP contribution in [0, 0.1) is 15.9 Å². The van der Waals surface area contributed by atoms with Gasteiger partial charge in [-0.05, 0) is 77.7 Å². The summed E-state index contributed by atoms with van der Waals surface area (Å²) in [5, 5.41) is 12.5. The van der Waals surface area contributed by atoms with E-state index < -0.39 is 29.5 Å². The van der Waals surface area contributed by atoms with Crippen LogP contribution in [-0.4, -0.2) is 38.6 Å². The smallest absolute Gasteiger partial charge is 0.294 e. The maximum absolute atomic E-state index is 14.3. The summed E-state index contributed by atoms with van der Waals surface area (Å²) < 4.78 is 31.2. The highest BCUT2D eigenvalue weighted by atomic mass is 32.2. The monoisotopic (exact) mass is 570 g/mol. The Morgan fingerprint density at radius 2 is 1.82 bits per heavy atom. The van der Waals surface area contributed by atoms with Gasteiger partial charge in [0.2, 0.25) is 5.75 Å². The van der Waals surface area contributed by atoms with Gasteiger partial charge in [-0.2, -0.15) is 0 Å². The number of rotatable bonds is 9. The maximum Gasteiger partial charge on any atom is 0.294 e. The summed E-state index contributed by atoms with van der Waals surface area (Å²) in [5.41, 5.74) is 2.69. The Kier molecular flexibility index (Phi) is 8.78. The standard InChI is InChI=1S/C28H27FN2O8S/c1-36-24-13-20-18-6-8-25(40-4)23(32)12-21(18)22(7-5-19(20)26(37-2)27(24)38-3)30-28(33)16-9-15(10-17(29)11-16)14-39-31(34)35/h6,8-13,22H,5,7,14H2,1-4H3,(H,30,33)/t22-/m0/s1. The predicted molar refractivity (Wildman–Crippen MR) is 146 cm³/mol. The Morgan fingerprint density at radius 1 is 1.07 bits per heavy atom. The number of halogens is 1. The summed E-state index contributed by atoms with van der Waals surface area (Å²) >= 11 is 1.31. The number of benzene rings is 2. The molecule has 0 saturated heterocycles. The average Bonchev–Trinajstić information content (AvgIpc) is 3.18. The number of nitrogens with one attached hydrogen (secondary N) is 1. The molecule has 0 radical (unpaired) electrons. The summed E-state index contributed by atoms with van der Waals surface area (Å²) in [6.45, 7) is -0.511. The van der Waals surface area contributed by atoms with Crippen molar-refractivity contribution in [2.75, 3.05) is 27.6 Å². The zero-order valence-electron chi connectivity index (χ0n) is 22.2. The van der Waals surface area contributed by atoms with Crippen molar-refractivity contribution in [1.29, 1.82) is 0 Å². The molecule has 1 aliphatic carbocycles. The molecule has 3 aromatic rings. The molecule has 210 valence electrons. The molecule has 0 heterocycles. The first-order chi connectivity index (χ1) is 19.2. The number of hydrogen-bond acceptors (Lipinski definition) is 9. The number of nitrogens with zero attached hydrogens (tertiary/aromatic N) is 1. The number of carbonyl (C=O) groups excluding carboxylic acids is 1. The number of fused-ring (bicyclic) bond motifs is 3. The van der Waals surface area contributed by atoms with Crippen molar-refractivity contribution >= 4 is 17.7 Å². The van der Waals surface area contributed by atoms with Crippen LogP contribution in [0.3, 0.4) is 0 Å². The number of methoxy groups -OCH3 is 3. The highest BCUT2D eigenvalue weighted by molar-refractivity contribution is 7.98. The van der Waals surface area contributed by atoms with Gasteiger partial charge < -0.3 is 24.4 Å². The van der Waals surface area contributed by atoms with Crippen LogP contribution >= 0.6 is 11.8 Å². The van der Waals surface area contributed by atoms with Crippen LogP contribution < -0.4 is 25.0 Å². The molecule has 0 fully saturated rings. The van der Waals surface area contributed by atoms with Gasteiger partial charge in [0.15, 0.2) is 16.9 Å². The molecule has 1 N–H and O–H groups in total. The molecule has 0 saturated carbocycles. The van der Waals surface area contributed by atoms with Crippen molar-refractivity contribution in [1.82, 2.24) is 5.32 Å². The first-order valence-electron chi connectivity index (χ1n) is 12.1. The Bertz CT molecular complexity index is 1530. The molecule has 0 aliphatic heterocycles. The molecule has 0 bridgehead atoms. The fraction of sp³-hybridized carbons (Fsp3) is 0.286. The minimum atomic E-state index is -0.994. The molecule has 4 rings (SSSR count). The minimum Gasteiger partial charge on any atom is -0.493 e. The quantitative estimate of drug-likeness (QED) is 0.221. The van der Waals surface area contributed by atoms with E-state index in [1.165, 1.54) is 45.2 Å². The molecule has 1 aliphatic rings. The van der Waals surface area contributed by atoms with Crippen LogP contribution in [-0.2, 0) is 17.9 Å². The third kappa shape index (κ3) is 5.81. The van der Waals surface area contributed by atoms with E-state index >= 15 is 0 Å². The fourth-order valence-electron chi connectivity index (χ4n) is 4.86. The van der Waals surface area contributed by atoms with Gasteiger partial charge in [0.25, 0.3) is 11.0 Å². The first-order valence-corrected chi connectivity index (χ1v) is 13.3. The van der Waals surface area contributed by atoms with E-state index in [1.807, 2.05) is 12.1 Å². The summed E-state index contributed by atoms with van der Waals surface area (Å²) in [6.07, 6.45) is 2.62. The molecule has 40 heavy (non-hydrogen) atoms. The third-order valence-electron chi connectivity index (χ3n) is 6.60. The third-order valence-corrected chi connectivity index (χ3v) is 7.38. The van der Waals surface area contributed by atoms with E-state index in [4.69, 9.17) is 14.2 Å². The molecule has 1 atom stereocenters. The van der Waals surface area contributed by atoms with Gasteiger partial charge in [0.1, 0.15) is 12.4 Å². The molecule has 12 heteroatoms. The Morgan fingerprint density at radius 3 is 2.48 bits per heavy atom. The lowest BCUT2D eigenvalue weighted by Crippen LogP contribution is -2.29. The zero-order valence-corrected chi connectivity index (χ0v) is 23.1. The average molecular weight is 571 g/mol. The van der Waals surface area contributed by atoms with Gasteiger partial charge in [-0.3, -0.25) is 9.59 Å². The molecular weight excluding hydrogens is 543 g/mol. The fourth-order valence-corrected chi connectivity index (χ4v) is 5.33. The molecule has 3 aromatic carbocycles. The zero-order chi connectivity index (χ0) is 29.0. The number of hydrogen-bond donors (Lipinski definition) is 1. The number of carbonyl (C=O) groups is 1. The van der Waals surface area contributed by atoms with Crippen LogP contribution in [0.2, 0.25) is 0 Å². The van der Waals surface area contributed by atoms with Crippen molar-refractivity contribution < 1.29 is 33.3 Å². The van der Waals surface area contributed by atoms with Gasteiger partial charge >= 0.3 is 0 Å². The minimum absolute atomic E-state index is 0.0429. The van der Waals surface area contributed by atoms with Crippen molar-refractivity contribution in [2.45, 2.75) is 30.4 Å². The van der Waals surface area contributed by atoms with Crippen molar-refractivity contribution in [3.63, 3.8) is 0 Å². The summed E-state index contributed by atoms with van der Waals surface area (Å²) in [5.74, 6) is -0.0179. The van der Waals surface area contributed by atoms with E-state index in [0.29, 0.717) is 46.1 Å². The van der Waals surface area contributed by atoms with Crippen molar-refractivity contribution in [3.8, 4) is 28.4 Å². The second kappa shape index (κ2) is 12.2. The largest absolute Gasteiger partial charge is 0.493 e. The number of amides is 1. The number of ether oxygens (including phenoxy) is 3. The lowest BCUT2D eigenvalue weighted by molar-refractivity contribution is -0.763. The number of thioether (sulfide) groups is 1. The summed E-state index contributed by atoms with van der Waals surface area (Å²) in [6, 6.07) is 9.65. The SMILES string of the molecule is COc1cc2c(c(OC)c1OC)CC[C@H](NC(=O)c1cc(F)cc(CO[N+](=O)[O-])c1)c1cc(=O)c(SC)ccc1-2. The van der Waals surface area contributed by atoms with Gasteiger partial charge in [-0.1, -0.05) is 6.07 Å². The molecule has 0 unspecified atom stereocenters. The van der Waals surface area contributed by atoms with Gasteiger partial charge in [0, 0.05) is 11.1 Å². The first kappa shape index (κ1) is 28.7. The Hall–Kier alpha value is -4.32. The van der Waals surface area contributed by atoms with Gasteiger partial charge in [-0.25, -0.2) is 4.39 Å². The lowest BCUT2D eigenvalue weighted by Gasteiger charge is -2.19. The molecule has 10 nitrogen and oxygen atoms in total. The Balaban J connectivity index is 1.83. The summed E-state index contributed by atoms with van der Waals surface area (Å²) in [4.78, 5) is 41.9. The van der Waals surface area contributed by atoms with Crippen LogP contribution in [0.5, 0.6) is 17.2 Å². The molecule has 0 spiro atoms. The van der Waals surface area contributed by atoms with Gasteiger partial charge in [-0.15, -0.1) is 21.9 Å². The van der Waals surface area contributed by atoms with E-state index in [-0.39, 0.29) is 16.6 Å². The maximum atomic E-state index is 14.3. The van der Waals surface area contributed by atoms with Crippen LogP contribution in [0.1, 0.15) is 39.5 Å². The van der Waals surface area contributed by atoms with E-state index in [9.17, 15) is 24.1 Å². The second-order valence-corrected chi connectivity index (χ2v) is 9.71. The Labute approximate surface area is 233 Å². The lowest BCUT2D eigenvalue weighted by atomic mass is 9.96. The molecule has 0 aromatic heterocycles. The van der Waals surface area contributed by atoms with E-state index in [2.05, 4.69) is 10.2 Å². The topological polar surface area (TPSA) is 126 Å². The predicted octanol–water partition coefficient (Wildman–Crippen LogP) is 4.73. The summed E-state index contributed by atoms with van der Waals surface area (Å²) in [7, 11) is 4.55.